The minimum absolute atomic E-state index is 0.584. The van der Waals surface area contributed by atoms with E-state index < -0.39 is 6.10 Å². The van der Waals surface area contributed by atoms with Crippen LogP contribution in [0.5, 0.6) is 11.5 Å². The second-order valence-electron chi connectivity index (χ2n) is 4.07. The van der Waals surface area contributed by atoms with Crippen molar-refractivity contribution >= 4 is 11.6 Å². The molecule has 0 aliphatic carbocycles. The molecule has 0 saturated carbocycles. The van der Waals surface area contributed by atoms with Crippen LogP contribution >= 0.6 is 11.6 Å². The molecule has 0 spiro atoms. The van der Waals surface area contributed by atoms with Gasteiger partial charge in [-0.15, -0.1) is 0 Å². The highest BCUT2D eigenvalue weighted by Crippen LogP contribution is 2.32. The standard InChI is InChI=1S/C15H15ClO3/c1-18-13-7-6-11(9-14(13)19-2)15(17)10-4-3-5-12(16)8-10/h3-9,15,17H,1-2H3/t15-/m1/s1. The molecule has 19 heavy (non-hydrogen) atoms. The van der Waals surface area contributed by atoms with E-state index >= 15 is 0 Å². The zero-order valence-electron chi connectivity index (χ0n) is 10.8. The van der Waals surface area contributed by atoms with Crippen LogP contribution in [0, 0.1) is 0 Å². The topological polar surface area (TPSA) is 38.7 Å². The maximum atomic E-state index is 10.3. The fourth-order valence-electron chi connectivity index (χ4n) is 1.89. The number of rotatable bonds is 4. The lowest BCUT2D eigenvalue weighted by molar-refractivity contribution is 0.219. The average molecular weight is 279 g/mol. The van der Waals surface area contributed by atoms with Crippen LogP contribution in [0.1, 0.15) is 17.2 Å². The Balaban J connectivity index is 2.36. The molecular weight excluding hydrogens is 264 g/mol. The fraction of sp³-hybridized carbons (Fsp3) is 0.200. The van der Waals surface area contributed by atoms with Crippen LogP contribution in [0.2, 0.25) is 5.02 Å². The molecule has 100 valence electrons. The molecule has 2 rings (SSSR count). The molecular formula is C15H15ClO3. The van der Waals surface area contributed by atoms with Gasteiger partial charge in [0.2, 0.25) is 0 Å². The first-order valence-electron chi connectivity index (χ1n) is 5.81. The van der Waals surface area contributed by atoms with Gasteiger partial charge in [0, 0.05) is 5.02 Å². The highest BCUT2D eigenvalue weighted by Gasteiger charge is 2.13. The lowest BCUT2D eigenvalue weighted by atomic mass is 10.0. The summed E-state index contributed by atoms with van der Waals surface area (Å²) in [7, 11) is 3.14. The number of ether oxygens (including phenoxy) is 2. The summed E-state index contributed by atoms with van der Waals surface area (Å²) in [6.45, 7) is 0. The van der Waals surface area contributed by atoms with Gasteiger partial charge in [-0.2, -0.15) is 0 Å². The Hall–Kier alpha value is -1.71. The molecule has 0 bridgehead atoms. The lowest BCUT2D eigenvalue weighted by Gasteiger charge is -2.14. The quantitative estimate of drug-likeness (QED) is 0.931. The summed E-state index contributed by atoms with van der Waals surface area (Å²) in [6.07, 6.45) is -0.751. The number of hydrogen-bond acceptors (Lipinski definition) is 3. The van der Waals surface area contributed by atoms with Crippen LogP contribution in [0.15, 0.2) is 42.5 Å². The Morgan fingerprint density at radius 1 is 0.947 bits per heavy atom. The number of hydrogen-bond donors (Lipinski definition) is 1. The third-order valence-electron chi connectivity index (χ3n) is 2.89. The predicted octanol–water partition coefficient (Wildman–Crippen LogP) is 3.44. The van der Waals surface area contributed by atoms with E-state index in [0.29, 0.717) is 16.5 Å². The molecule has 1 atom stereocenters. The molecule has 3 nitrogen and oxygen atoms in total. The van der Waals surface area contributed by atoms with Gasteiger partial charge in [0.15, 0.2) is 11.5 Å². The van der Waals surface area contributed by atoms with Gasteiger partial charge in [-0.1, -0.05) is 29.8 Å². The van der Waals surface area contributed by atoms with Gasteiger partial charge >= 0.3 is 0 Å². The summed E-state index contributed by atoms with van der Waals surface area (Å²) in [5.74, 6) is 1.21. The third kappa shape index (κ3) is 3.00. The molecule has 4 heteroatoms. The second kappa shape index (κ2) is 5.95. The minimum atomic E-state index is -0.751. The van der Waals surface area contributed by atoms with E-state index in [1.54, 1.807) is 44.6 Å². The summed E-state index contributed by atoms with van der Waals surface area (Å²) >= 11 is 5.93. The Bertz CT molecular complexity index is 569. The molecule has 0 fully saturated rings. The Labute approximate surface area is 117 Å². The molecule has 0 heterocycles. The number of aliphatic hydroxyl groups excluding tert-OH is 1. The molecule has 0 saturated heterocycles. The van der Waals surface area contributed by atoms with Crippen molar-refractivity contribution in [2.75, 3.05) is 14.2 Å². The third-order valence-corrected chi connectivity index (χ3v) is 3.12. The van der Waals surface area contributed by atoms with Crippen molar-refractivity contribution in [1.82, 2.24) is 0 Å². The van der Waals surface area contributed by atoms with Gasteiger partial charge in [-0.3, -0.25) is 0 Å². The van der Waals surface area contributed by atoms with E-state index in [4.69, 9.17) is 21.1 Å². The smallest absolute Gasteiger partial charge is 0.161 e. The Morgan fingerprint density at radius 2 is 1.63 bits per heavy atom. The maximum absolute atomic E-state index is 10.3. The van der Waals surface area contributed by atoms with E-state index in [9.17, 15) is 5.11 Å². The number of aliphatic hydroxyl groups is 1. The van der Waals surface area contributed by atoms with Gasteiger partial charge in [-0.25, -0.2) is 0 Å². The van der Waals surface area contributed by atoms with Crippen molar-refractivity contribution in [3.8, 4) is 11.5 Å². The van der Waals surface area contributed by atoms with E-state index in [2.05, 4.69) is 0 Å². The first-order chi connectivity index (χ1) is 9.15. The van der Waals surface area contributed by atoms with Crippen molar-refractivity contribution in [3.63, 3.8) is 0 Å². The molecule has 0 radical (unpaired) electrons. The minimum Gasteiger partial charge on any atom is -0.493 e. The van der Waals surface area contributed by atoms with Crippen molar-refractivity contribution in [3.05, 3.63) is 58.6 Å². The van der Waals surface area contributed by atoms with E-state index in [-0.39, 0.29) is 0 Å². The Kier molecular flexibility index (Phi) is 4.30. The van der Waals surface area contributed by atoms with Gasteiger partial charge in [0.05, 0.1) is 14.2 Å². The van der Waals surface area contributed by atoms with Crippen molar-refractivity contribution in [1.29, 1.82) is 0 Å². The van der Waals surface area contributed by atoms with Crippen LogP contribution in [-0.4, -0.2) is 19.3 Å². The van der Waals surface area contributed by atoms with Crippen LogP contribution < -0.4 is 9.47 Å². The van der Waals surface area contributed by atoms with E-state index in [1.165, 1.54) is 0 Å². The molecule has 0 aliphatic rings. The first-order valence-corrected chi connectivity index (χ1v) is 6.19. The molecule has 2 aromatic rings. The SMILES string of the molecule is COc1ccc([C@H](O)c2cccc(Cl)c2)cc1OC. The maximum Gasteiger partial charge on any atom is 0.161 e. The second-order valence-corrected chi connectivity index (χ2v) is 4.51. The fourth-order valence-corrected chi connectivity index (χ4v) is 2.09. The largest absolute Gasteiger partial charge is 0.493 e. The molecule has 0 unspecified atom stereocenters. The predicted molar refractivity (Wildman–Crippen MR) is 75.1 cm³/mol. The first kappa shape index (κ1) is 13.7. The highest BCUT2D eigenvalue weighted by molar-refractivity contribution is 6.30. The summed E-state index contributed by atoms with van der Waals surface area (Å²) in [4.78, 5) is 0. The van der Waals surface area contributed by atoms with E-state index in [0.717, 1.165) is 11.1 Å². The molecule has 0 amide bonds. The van der Waals surface area contributed by atoms with Crippen molar-refractivity contribution in [2.45, 2.75) is 6.10 Å². The normalized spacial score (nSPS) is 12.0. The van der Waals surface area contributed by atoms with Crippen molar-refractivity contribution in [2.24, 2.45) is 0 Å². The van der Waals surface area contributed by atoms with Gasteiger partial charge in [0.25, 0.3) is 0 Å². The molecule has 2 aromatic carbocycles. The zero-order chi connectivity index (χ0) is 13.8. The average Bonchev–Trinajstić information content (AvgIpc) is 2.45. The van der Waals surface area contributed by atoms with Crippen LogP contribution in [-0.2, 0) is 0 Å². The van der Waals surface area contributed by atoms with Crippen LogP contribution in [0.25, 0.3) is 0 Å². The molecule has 0 aliphatic heterocycles. The van der Waals surface area contributed by atoms with Crippen LogP contribution in [0.3, 0.4) is 0 Å². The number of benzene rings is 2. The lowest BCUT2D eigenvalue weighted by Crippen LogP contribution is -2.01. The van der Waals surface area contributed by atoms with Gasteiger partial charge < -0.3 is 14.6 Å². The number of methoxy groups -OCH3 is 2. The van der Waals surface area contributed by atoms with Crippen molar-refractivity contribution < 1.29 is 14.6 Å². The van der Waals surface area contributed by atoms with Gasteiger partial charge in [0.1, 0.15) is 6.10 Å². The highest BCUT2D eigenvalue weighted by atomic mass is 35.5. The van der Waals surface area contributed by atoms with Crippen LogP contribution in [0.4, 0.5) is 0 Å². The Morgan fingerprint density at radius 3 is 2.26 bits per heavy atom. The monoisotopic (exact) mass is 278 g/mol. The number of halogens is 1. The molecule has 0 aromatic heterocycles. The summed E-state index contributed by atoms with van der Waals surface area (Å²) in [5, 5.41) is 10.9. The van der Waals surface area contributed by atoms with Gasteiger partial charge in [-0.05, 0) is 35.4 Å². The molecule has 1 N–H and O–H groups in total. The summed E-state index contributed by atoms with van der Waals surface area (Å²) < 4.78 is 10.4. The summed E-state index contributed by atoms with van der Waals surface area (Å²) in [5.41, 5.74) is 1.46. The summed E-state index contributed by atoms with van der Waals surface area (Å²) in [6, 6.07) is 12.5. The zero-order valence-corrected chi connectivity index (χ0v) is 11.5. The van der Waals surface area contributed by atoms with E-state index in [1.807, 2.05) is 12.1 Å².